The lowest BCUT2D eigenvalue weighted by molar-refractivity contribution is -0.116. The first kappa shape index (κ1) is 20.0. The van der Waals surface area contributed by atoms with Gasteiger partial charge >= 0.3 is 0 Å². The van der Waals surface area contributed by atoms with E-state index in [0.29, 0.717) is 29.4 Å². The first-order valence-electron chi connectivity index (χ1n) is 9.04. The summed E-state index contributed by atoms with van der Waals surface area (Å²) in [5.41, 5.74) is 2.64. The van der Waals surface area contributed by atoms with Crippen LogP contribution in [0.4, 0.5) is 5.69 Å². The van der Waals surface area contributed by atoms with Gasteiger partial charge in [0.15, 0.2) is 5.82 Å². The fraction of sp³-hybridized carbons (Fsp3) is 0.300. The summed E-state index contributed by atoms with van der Waals surface area (Å²) in [6, 6.07) is 13.7. The van der Waals surface area contributed by atoms with Crippen molar-refractivity contribution in [3.63, 3.8) is 0 Å². The second-order valence-corrected chi connectivity index (χ2v) is 7.32. The van der Waals surface area contributed by atoms with Crippen LogP contribution in [0.5, 0.6) is 5.75 Å². The zero-order valence-electron chi connectivity index (χ0n) is 15.9. The monoisotopic (exact) mass is 443 g/mol. The Balaban J connectivity index is 1.55. The number of aryl methyl sites for hydroxylation is 2. The lowest BCUT2D eigenvalue weighted by Gasteiger charge is -2.12. The molecule has 0 fully saturated rings. The van der Waals surface area contributed by atoms with Crippen LogP contribution in [0.1, 0.15) is 30.7 Å². The summed E-state index contributed by atoms with van der Waals surface area (Å²) in [6.45, 7) is 1.80. The van der Waals surface area contributed by atoms with Crippen LogP contribution >= 0.6 is 15.9 Å². The predicted molar refractivity (Wildman–Crippen MR) is 111 cm³/mol. The molecule has 28 heavy (non-hydrogen) atoms. The van der Waals surface area contributed by atoms with Crippen molar-refractivity contribution in [2.45, 2.75) is 32.6 Å². The number of nitrogens with zero attached hydrogens (tertiary/aromatic N) is 4. The molecule has 0 radical (unpaired) electrons. The molecular weight excluding hydrogens is 422 g/mol. The number of ether oxygens (including phenoxy) is 1. The van der Waals surface area contributed by atoms with Crippen molar-refractivity contribution in [2.24, 2.45) is 0 Å². The van der Waals surface area contributed by atoms with Gasteiger partial charge in [-0.05, 0) is 72.5 Å². The van der Waals surface area contributed by atoms with Crippen molar-refractivity contribution >= 4 is 27.5 Å². The highest BCUT2D eigenvalue weighted by atomic mass is 79.9. The Bertz CT molecular complexity index is 940. The molecule has 0 aliphatic rings. The maximum Gasteiger partial charge on any atom is 0.224 e. The normalized spacial score (nSPS) is 10.7. The largest absolute Gasteiger partial charge is 0.494 e. The fourth-order valence-electron chi connectivity index (χ4n) is 2.88. The number of methoxy groups -OCH3 is 1. The van der Waals surface area contributed by atoms with Crippen molar-refractivity contribution in [1.82, 2.24) is 20.2 Å². The predicted octanol–water partition coefficient (Wildman–Crippen LogP) is 4.09. The molecule has 3 aromatic rings. The molecule has 1 heterocycles. The van der Waals surface area contributed by atoms with Crippen LogP contribution in [-0.4, -0.2) is 33.2 Å². The van der Waals surface area contributed by atoms with Gasteiger partial charge in [0.05, 0.1) is 7.11 Å². The topological polar surface area (TPSA) is 81.9 Å². The molecule has 0 saturated heterocycles. The van der Waals surface area contributed by atoms with E-state index in [-0.39, 0.29) is 5.91 Å². The van der Waals surface area contributed by atoms with Crippen LogP contribution < -0.4 is 10.1 Å². The molecule has 146 valence electrons. The molecule has 1 N–H and O–H groups in total. The molecule has 0 unspecified atom stereocenters. The van der Waals surface area contributed by atoms with Gasteiger partial charge in [-0.1, -0.05) is 28.1 Å². The summed E-state index contributed by atoms with van der Waals surface area (Å²) >= 11 is 3.44. The molecule has 0 spiro atoms. The SMILES string of the molecule is COc1ccc(NC(=O)CCCCc2ccc(Br)cc2)cc1-n1nnnc1C. The van der Waals surface area contributed by atoms with Gasteiger partial charge in [0.25, 0.3) is 0 Å². The van der Waals surface area contributed by atoms with Gasteiger partial charge in [0, 0.05) is 16.6 Å². The minimum atomic E-state index is -0.0136. The molecule has 1 aromatic heterocycles. The lowest BCUT2D eigenvalue weighted by Crippen LogP contribution is -2.12. The zero-order valence-corrected chi connectivity index (χ0v) is 17.4. The molecule has 0 saturated carbocycles. The van der Waals surface area contributed by atoms with Crippen LogP contribution in [0.25, 0.3) is 5.69 Å². The van der Waals surface area contributed by atoms with E-state index in [1.54, 1.807) is 24.8 Å². The molecule has 2 aromatic carbocycles. The van der Waals surface area contributed by atoms with Crippen molar-refractivity contribution in [3.8, 4) is 11.4 Å². The minimum Gasteiger partial charge on any atom is -0.494 e. The highest BCUT2D eigenvalue weighted by molar-refractivity contribution is 9.10. The van der Waals surface area contributed by atoms with Gasteiger partial charge in [0.1, 0.15) is 11.4 Å². The van der Waals surface area contributed by atoms with Crippen LogP contribution in [0.2, 0.25) is 0 Å². The number of benzene rings is 2. The smallest absolute Gasteiger partial charge is 0.224 e. The second kappa shape index (κ2) is 9.45. The van der Waals surface area contributed by atoms with E-state index >= 15 is 0 Å². The first-order chi connectivity index (χ1) is 13.6. The van der Waals surface area contributed by atoms with Gasteiger partial charge in [-0.3, -0.25) is 4.79 Å². The maximum atomic E-state index is 12.3. The molecule has 1 amide bonds. The summed E-state index contributed by atoms with van der Waals surface area (Å²) in [7, 11) is 1.59. The molecule has 0 aliphatic heterocycles. The number of carbonyl (C=O) groups is 1. The molecular formula is C20H22BrN5O2. The zero-order chi connectivity index (χ0) is 19.9. The molecule has 0 atom stereocenters. The van der Waals surface area contributed by atoms with E-state index in [4.69, 9.17) is 4.74 Å². The van der Waals surface area contributed by atoms with Gasteiger partial charge in [0.2, 0.25) is 5.91 Å². The molecule has 0 aliphatic carbocycles. The lowest BCUT2D eigenvalue weighted by atomic mass is 10.1. The number of carbonyl (C=O) groups excluding carboxylic acids is 1. The molecule has 0 bridgehead atoms. The highest BCUT2D eigenvalue weighted by Gasteiger charge is 2.12. The maximum absolute atomic E-state index is 12.3. The average molecular weight is 444 g/mol. The van der Waals surface area contributed by atoms with Crippen molar-refractivity contribution in [2.75, 3.05) is 12.4 Å². The number of rotatable bonds is 8. The molecule has 8 heteroatoms. The minimum absolute atomic E-state index is 0.0136. The Morgan fingerprint density at radius 3 is 2.64 bits per heavy atom. The fourth-order valence-corrected chi connectivity index (χ4v) is 3.14. The van der Waals surface area contributed by atoms with E-state index < -0.39 is 0 Å². The summed E-state index contributed by atoms with van der Waals surface area (Å²) < 4.78 is 8.03. The Morgan fingerprint density at radius 1 is 1.18 bits per heavy atom. The number of aromatic nitrogens is 4. The van der Waals surface area contributed by atoms with E-state index in [2.05, 4.69) is 48.9 Å². The van der Waals surface area contributed by atoms with E-state index in [1.165, 1.54) is 5.56 Å². The third kappa shape index (κ3) is 5.16. The van der Waals surface area contributed by atoms with E-state index in [1.807, 2.05) is 24.3 Å². The number of hydrogen-bond donors (Lipinski definition) is 1. The average Bonchev–Trinajstić information content (AvgIpc) is 3.12. The van der Waals surface area contributed by atoms with Crippen LogP contribution in [0.15, 0.2) is 46.9 Å². The van der Waals surface area contributed by atoms with Crippen molar-refractivity contribution < 1.29 is 9.53 Å². The van der Waals surface area contributed by atoms with E-state index in [9.17, 15) is 4.79 Å². The third-order valence-electron chi connectivity index (χ3n) is 4.35. The summed E-state index contributed by atoms with van der Waals surface area (Å²) in [6.07, 6.45) is 3.23. The molecule has 3 rings (SSSR count). The van der Waals surface area contributed by atoms with Crippen molar-refractivity contribution in [1.29, 1.82) is 0 Å². The molecule has 7 nitrogen and oxygen atoms in total. The van der Waals surface area contributed by atoms with E-state index in [0.717, 1.165) is 23.7 Å². The quantitative estimate of drug-likeness (QED) is 0.530. The van der Waals surface area contributed by atoms with Gasteiger partial charge in [-0.2, -0.15) is 4.68 Å². The number of hydrogen-bond acceptors (Lipinski definition) is 5. The standard InChI is InChI=1S/C20H22BrN5O2/c1-14-23-24-25-26(14)18-13-17(11-12-19(18)28-2)22-20(27)6-4-3-5-15-7-9-16(21)10-8-15/h7-13H,3-6H2,1-2H3,(H,22,27). The van der Waals surface area contributed by atoms with Crippen LogP contribution in [0, 0.1) is 6.92 Å². The summed E-state index contributed by atoms with van der Waals surface area (Å²) in [5, 5.41) is 14.5. The third-order valence-corrected chi connectivity index (χ3v) is 4.88. The van der Waals surface area contributed by atoms with Gasteiger partial charge in [-0.25, -0.2) is 0 Å². The number of anilines is 1. The second-order valence-electron chi connectivity index (χ2n) is 6.41. The number of unbranched alkanes of at least 4 members (excludes halogenated alkanes) is 1. The Morgan fingerprint density at radius 2 is 1.96 bits per heavy atom. The highest BCUT2D eigenvalue weighted by Crippen LogP contribution is 2.26. The number of tetrazole rings is 1. The Kier molecular flexibility index (Phi) is 6.76. The number of amides is 1. The van der Waals surface area contributed by atoms with Gasteiger partial charge in [-0.15, -0.1) is 5.10 Å². The number of nitrogens with one attached hydrogen (secondary N) is 1. The van der Waals surface area contributed by atoms with Gasteiger partial charge < -0.3 is 10.1 Å². The number of halogens is 1. The summed E-state index contributed by atoms with van der Waals surface area (Å²) in [4.78, 5) is 12.3. The van der Waals surface area contributed by atoms with Crippen LogP contribution in [0.3, 0.4) is 0 Å². The Hall–Kier alpha value is -2.74. The summed E-state index contributed by atoms with van der Waals surface area (Å²) in [5.74, 6) is 1.25. The first-order valence-corrected chi connectivity index (χ1v) is 9.84. The van der Waals surface area contributed by atoms with Crippen molar-refractivity contribution in [3.05, 3.63) is 58.3 Å². The Labute approximate surface area is 172 Å². The van der Waals surface area contributed by atoms with Crippen LogP contribution in [-0.2, 0) is 11.2 Å².